The number of aromatic nitrogens is 2. The zero-order valence-electron chi connectivity index (χ0n) is 12.1. The lowest BCUT2D eigenvalue weighted by molar-refractivity contribution is 0.0935. The van der Waals surface area contributed by atoms with Crippen LogP contribution >= 0.6 is 0 Å². The molecule has 0 spiro atoms. The van der Waals surface area contributed by atoms with E-state index in [4.69, 9.17) is 14.9 Å². The maximum atomic E-state index is 11.7. The van der Waals surface area contributed by atoms with E-state index in [0.717, 1.165) is 6.42 Å². The minimum Gasteiger partial charge on any atom is -0.459 e. The zero-order chi connectivity index (χ0) is 15.8. The number of anilines is 3. The summed E-state index contributed by atoms with van der Waals surface area (Å²) in [6.45, 7) is 1.30. The molecular weight excluding hydrogens is 288 g/mol. The molecule has 0 saturated carbocycles. The Morgan fingerprint density at radius 3 is 2.95 bits per heavy atom. The van der Waals surface area contributed by atoms with Gasteiger partial charge in [-0.15, -0.1) is 0 Å². The minimum absolute atomic E-state index is 0.179. The average Bonchev–Trinajstić information content (AvgIpc) is 3.06. The molecule has 2 aromatic heterocycles. The largest absolute Gasteiger partial charge is 0.459 e. The van der Waals surface area contributed by atoms with Crippen molar-refractivity contribution in [3.63, 3.8) is 0 Å². The number of furan rings is 1. The topological polar surface area (TPSA) is 127 Å². The molecule has 0 aliphatic carbocycles. The number of rotatable bonds is 8. The summed E-state index contributed by atoms with van der Waals surface area (Å²) in [5.74, 6) is 0.528. The van der Waals surface area contributed by atoms with E-state index in [1.807, 2.05) is 0 Å². The molecule has 0 aliphatic heterocycles. The smallest absolute Gasteiger partial charge is 0.305 e. The van der Waals surface area contributed by atoms with Gasteiger partial charge in [-0.2, -0.15) is 0 Å². The SMILES string of the molecule is COCCCNc1ncnc(NNC(=O)c2ccco2)c1N. The summed E-state index contributed by atoms with van der Waals surface area (Å²) in [6.07, 6.45) is 3.57. The van der Waals surface area contributed by atoms with Crippen LogP contribution in [0.5, 0.6) is 0 Å². The highest BCUT2D eigenvalue weighted by molar-refractivity contribution is 5.92. The number of amides is 1. The first kappa shape index (κ1) is 15.6. The quantitative estimate of drug-likeness (QED) is 0.417. The van der Waals surface area contributed by atoms with E-state index in [-0.39, 0.29) is 5.76 Å². The van der Waals surface area contributed by atoms with Crippen LogP contribution in [-0.4, -0.2) is 36.1 Å². The predicted octanol–water partition coefficient (Wildman–Crippen LogP) is 0.857. The molecule has 0 radical (unpaired) electrons. The van der Waals surface area contributed by atoms with Crippen molar-refractivity contribution in [2.24, 2.45) is 0 Å². The fraction of sp³-hybridized carbons (Fsp3) is 0.308. The molecule has 0 fully saturated rings. The second-order valence-corrected chi connectivity index (χ2v) is 4.31. The second kappa shape index (κ2) is 7.84. The average molecular weight is 306 g/mol. The van der Waals surface area contributed by atoms with Gasteiger partial charge in [0, 0.05) is 20.3 Å². The van der Waals surface area contributed by atoms with Gasteiger partial charge < -0.3 is 20.2 Å². The Morgan fingerprint density at radius 2 is 2.23 bits per heavy atom. The van der Waals surface area contributed by atoms with E-state index in [0.29, 0.717) is 30.5 Å². The van der Waals surface area contributed by atoms with Gasteiger partial charge in [-0.05, 0) is 18.6 Å². The maximum absolute atomic E-state index is 11.7. The fourth-order valence-electron chi connectivity index (χ4n) is 1.64. The van der Waals surface area contributed by atoms with Gasteiger partial charge >= 0.3 is 5.91 Å². The number of hydrogen-bond donors (Lipinski definition) is 4. The summed E-state index contributed by atoms with van der Waals surface area (Å²) in [6, 6.07) is 3.17. The first-order valence-corrected chi connectivity index (χ1v) is 6.65. The number of nitrogens with one attached hydrogen (secondary N) is 3. The van der Waals surface area contributed by atoms with Crippen molar-refractivity contribution in [1.29, 1.82) is 0 Å². The highest BCUT2D eigenvalue weighted by Crippen LogP contribution is 2.21. The lowest BCUT2D eigenvalue weighted by Crippen LogP contribution is -2.30. The molecule has 9 nitrogen and oxygen atoms in total. The Labute approximate surface area is 127 Å². The van der Waals surface area contributed by atoms with Crippen LogP contribution in [0.15, 0.2) is 29.1 Å². The van der Waals surface area contributed by atoms with Gasteiger partial charge in [0.2, 0.25) is 0 Å². The Balaban J connectivity index is 1.92. The highest BCUT2D eigenvalue weighted by atomic mass is 16.5. The molecule has 22 heavy (non-hydrogen) atoms. The molecule has 2 rings (SSSR count). The predicted molar refractivity (Wildman–Crippen MR) is 81.2 cm³/mol. The van der Waals surface area contributed by atoms with Gasteiger partial charge in [0.1, 0.15) is 12.0 Å². The van der Waals surface area contributed by atoms with Crippen molar-refractivity contribution < 1.29 is 13.9 Å². The van der Waals surface area contributed by atoms with Crippen LogP contribution in [0.25, 0.3) is 0 Å². The highest BCUT2D eigenvalue weighted by Gasteiger charge is 2.11. The van der Waals surface area contributed by atoms with Crippen LogP contribution in [0.4, 0.5) is 17.3 Å². The Morgan fingerprint density at radius 1 is 1.41 bits per heavy atom. The number of nitrogen functional groups attached to an aromatic ring is 1. The Bertz CT molecular complexity index is 602. The van der Waals surface area contributed by atoms with Crippen LogP contribution in [0, 0.1) is 0 Å². The van der Waals surface area contributed by atoms with Crippen molar-refractivity contribution in [2.75, 3.05) is 36.7 Å². The van der Waals surface area contributed by atoms with Crippen molar-refractivity contribution in [1.82, 2.24) is 15.4 Å². The number of nitrogens with two attached hydrogens (primary N) is 1. The van der Waals surface area contributed by atoms with Crippen LogP contribution < -0.4 is 21.9 Å². The minimum atomic E-state index is -0.433. The van der Waals surface area contributed by atoms with E-state index in [9.17, 15) is 4.79 Å². The molecule has 0 aliphatic rings. The van der Waals surface area contributed by atoms with Crippen LogP contribution in [0.3, 0.4) is 0 Å². The van der Waals surface area contributed by atoms with Crippen molar-refractivity contribution in [3.05, 3.63) is 30.5 Å². The fourth-order valence-corrected chi connectivity index (χ4v) is 1.64. The third-order valence-corrected chi connectivity index (χ3v) is 2.74. The van der Waals surface area contributed by atoms with Crippen LogP contribution in [0.1, 0.15) is 17.0 Å². The van der Waals surface area contributed by atoms with Crippen LogP contribution in [0.2, 0.25) is 0 Å². The molecule has 0 saturated heterocycles. The van der Waals surface area contributed by atoms with Gasteiger partial charge in [0.25, 0.3) is 0 Å². The summed E-state index contributed by atoms with van der Waals surface area (Å²) in [5.41, 5.74) is 11.3. The second-order valence-electron chi connectivity index (χ2n) is 4.31. The molecule has 118 valence electrons. The van der Waals surface area contributed by atoms with E-state index in [2.05, 4.69) is 26.1 Å². The number of carbonyl (C=O) groups is 1. The summed E-state index contributed by atoms with van der Waals surface area (Å²) < 4.78 is 9.93. The summed E-state index contributed by atoms with van der Waals surface area (Å²) in [5, 5.41) is 3.08. The number of nitrogens with zero attached hydrogens (tertiary/aromatic N) is 2. The van der Waals surface area contributed by atoms with E-state index < -0.39 is 5.91 Å². The summed E-state index contributed by atoms with van der Waals surface area (Å²) >= 11 is 0. The lowest BCUT2D eigenvalue weighted by atomic mass is 10.4. The molecule has 2 heterocycles. The molecule has 0 unspecified atom stereocenters. The summed E-state index contributed by atoms with van der Waals surface area (Å²) in [4.78, 5) is 19.8. The first-order chi connectivity index (χ1) is 10.7. The number of hydrogen-bond acceptors (Lipinski definition) is 8. The molecule has 0 atom stereocenters. The van der Waals surface area contributed by atoms with Crippen molar-refractivity contribution in [3.8, 4) is 0 Å². The molecule has 0 bridgehead atoms. The summed E-state index contributed by atoms with van der Waals surface area (Å²) in [7, 11) is 1.64. The number of ether oxygens (including phenoxy) is 1. The van der Waals surface area contributed by atoms with Gasteiger partial charge in [-0.25, -0.2) is 9.97 Å². The van der Waals surface area contributed by atoms with Gasteiger partial charge in [0.15, 0.2) is 17.4 Å². The standard InChI is InChI=1S/C13H18N6O3/c1-21-6-3-5-15-11-10(14)12(17-8-16-11)18-19-13(20)9-4-2-7-22-9/h2,4,7-8H,3,5-6,14H2,1H3,(H,19,20)(H2,15,16,17,18). The van der Waals surface area contributed by atoms with E-state index >= 15 is 0 Å². The number of methoxy groups -OCH3 is 1. The van der Waals surface area contributed by atoms with Crippen molar-refractivity contribution >= 4 is 23.2 Å². The number of carbonyl (C=O) groups excluding carboxylic acids is 1. The van der Waals surface area contributed by atoms with E-state index in [1.165, 1.54) is 12.6 Å². The normalized spacial score (nSPS) is 10.2. The molecule has 5 N–H and O–H groups in total. The molecule has 9 heteroatoms. The Hall–Kier alpha value is -2.81. The Kier molecular flexibility index (Phi) is 5.55. The van der Waals surface area contributed by atoms with Crippen LogP contribution in [-0.2, 0) is 4.74 Å². The lowest BCUT2D eigenvalue weighted by Gasteiger charge is -2.12. The zero-order valence-corrected chi connectivity index (χ0v) is 12.1. The van der Waals surface area contributed by atoms with Crippen molar-refractivity contribution in [2.45, 2.75) is 6.42 Å². The molecular formula is C13H18N6O3. The third-order valence-electron chi connectivity index (χ3n) is 2.74. The molecule has 2 aromatic rings. The number of hydrazine groups is 1. The molecule has 1 amide bonds. The third kappa shape index (κ3) is 4.09. The first-order valence-electron chi connectivity index (χ1n) is 6.65. The van der Waals surface area contributed by atoms with Gasteiger partial charge in [-0.3, -0.25) is 15.6 Å². The maximum Gasteiger partial charge on any atom is 0.305 e. The van der Waals surface area contributed by atoms with Gasteiger partial charge in [0.05, 0.1) is 6.26 Å². The van der Waals surface area contributed by atoms with Gasteiger partial charge in [-0.1, -0.05) is 0 Å². The monoisotopic (exact) mass is 306 g/mol. The van der Waals surface area contributed by atoms with E-state index in [1.54, 1.807) is 19.2 Å². The molecule has 0 aromatic carbocycles.